The fourth-order valence-corrected chi connectivity index (χ4v) is 5.73. The SMILES string of the molecule is O=C(O)N[C@@H](CCC(=O)N(Cc1nnnn1Cc1ccccc1)C1CCCCC1)C1CCCCC1. The molecule has 2 N–H and O–H groups in total. The van der Waals surface area contributed by atoms with Gasteiger partial charge in [0.1, 0.15) is 0 Å². The molecule has 0 spiro atoms. The molecular formula is C26H38N6O3. The minimum Gasteiger partial charge on any atom is -0.465 e. The maximum Gasteiger partial charge on any atom is 0.404 e. The Balaban J connectivity index is 1.45. The highest BCUT2D eigenvalue weighted by molar-refractivity contribution is 5.76. The normalized spacial score (nSPS) is 18.2. The van der Waals surface area contributed by atoms with Crippen LogP contribution in [-0.4, -0.2) is 54.3 Å². The fourth-order valence-electron chi connectivity index (χ4n) is 5.73. The topological polar surface area (TPSA) is 113 Å². The first kappa shape index (κ1) is 25.1. The van der Waals surface area contributed by atoms with Crippen LogP contribution in [0.4, 0.5) is 4.79 Å². The van der Waals surface area contributed by atoms with Crippen LogP contribution in [0.5, 0.6) is 0 Å². The Morgan fingerprint density at radius 3 is 2.40 bits per heavy atom. The highest BCUT2D eigenvalue weighted by atomic mass is 16.4. The smallest absolute Gasteiger partial charge is 0.404 e. The molecule has 9 nitrogen and oxygen atoms in total. The lowest BCUT2D eigenvalue weighted by atomic mass is 9.82. The van der Waals surface area contributed by atoms with Crippen LogP contribution in [0.25, 0.3) is 0 Å². The standard InChI is InChI=1S/C26H38N6O3/c33-25(17-16-23(27-26(34)35)21-12-6-2-7-13-21)31(22-14-8-3-9-15-22)19-24-28-29-30-32(24)18-20-10-4-1-5-11-20/h1,4-5,10-11,21-23,27H,2-3,6-9,12-19H2,(H,34,35)/t23-/m0/s1. The molecule has 1 aromatic carbocycles. The van der Waals surface area contributed by atoms with Crippen LogP contribution in [-0.2, 0) is 17.9 Å². The van der Waals surface area contributed by atoms with Gasteiger partial charge in [-0.15, -0.1) is 5.10 Å². The van der Waals surface area contributed by atoms with E-state index in [1.807, 2.05) is 35.2 Å². The average molecular weight is 483 g/mol. The summed E-state index contributed by atoms with van der Waals surface area (Å²) in [5.41, 5.74) is 1.10. The van der Waals surface area contributed by atoms with Crippen LogP contribution in [0.1, 0.15) is 88.4 Å². The lowest BCUT2D eigenvalue weighted by Crippen LogP contribution is -2.44. The minimum absolute atomic E-state index is 0.0687. The van der Waals surface area contributed by atoms with Gasteiger partial charge >= 0.3 is 6.09 Å². The van der Waals surface area contributed by atoms with Gasteiger partial charge < -0.3 is 15.3 Å². The highest BCUT2D eigenvalue weighted by Crippen LogP contribution is 2.29. The third-order valence-corrected chi connectivity index (χ3v) is 7.63. The maximum atomic E-state index is 13.6. The molecule has 0 radical (unpaired) electrons. The van der Waals surface area contributed by atoms with Crippen LogP contribution in [0.15, 0.2) is 30.3 Å². The molecule has 2 saturated carbocycles. The summed E-state index contributed by atoms with van der Waals surface area (Å²) in [7, 11) is 0. The van der Waals surface area contributed by atoms with Gasteiger partial charge in [-0.3, -0.25) is 4.79 Å². The molecule has 190 valence electrons. The molecule has 2 aliphatic rings. The van der Waals surface area contributed by atoms with E-state index in [0.717, 1.165) is 56.9 Å². The van der Waals surface area contributed by atoms with Crippen molar-refractivity contribution in [3.63, 3.8) is 0 Å². The van der Waals surface area contributed by atoms with Gasteiger partial charge in [-0.05, 0) is 54.0 Å². The van der Waals surface area contributed by atoms with E-state index in [-0.39, 0.29) is 18.0 Å². The van der Waals surface area contributed by atoms with Gasteiger partial charge in [0.25, 0.3) is 0 Å². The number of amides is 2. The molecule has 0 aliphatic heterocycles. The molecule has 2 aliphatic carbocycles. The number of hydrogen-bond acceptors (Lipinski definition) is 5. The van der Waals surface area contributed by atoms with Crippen LogP contribution in [0.2, 0.25) is 0 Å². The molecule has 4 rings (SSSR count). The lowest BCUT2D eigenvalue weighted by Gasteiger charge is -2.35. The summed E-state index contributed by atoms with van der Waals surface area (Å²) in [4.78, 5) is 27.0. The number of nitrogens with zero attached hydrogens (tertiary/aromatic N) is 5. The first-order valence-corrected chi connectivity index (χ1v) is 13.2. The molecule has 35 heavy (non-hydrogen) atoms. The Hall–Kier alpha value is -2.97. The van der Waals surface area contributed by atoms with Gasteiger partial charge in [-0.1, -0.05) is 68.9 Å². The van der Waals surface area contributed by atoms with Gasteiger partial charge in [-0.2, -0.15) is 0 Å². The van der Waals surface area contributed by atoms with Crippen molar-refractivity contribution in [2.24, 2.45) is 5.92 Å². The van der Waals surface area contributed by atoms with Gasteiger partial charge in [0, 0.05) is 18.5 Å². The van der Waals surface area contributed by atoms with E-state index < -0.39 is 6.09 Å². The number of carboxylic acid groups (broad SMARTS) is 1. The van der Waals surface area contributed by atoms with Crippen molar-refractivity contribution in [3.05, 3.63) is 41.7 Å². The van der Waals surface area contributed by atoms with E-state index in [4.69, 9.17) is 0 Å². The van der Waals surface area contributed by atoms with E-state index in [9.17, 15) is 14.7 Å². The summed E-state index contributed by atoms with van der Waals surface area (Å²) >= 11 is 0. The number of hydrogen-bond donors (Lipinski definition) is 2. The Morgan fingerprint density at radius 1 is 1.03 bits per heavy atom. The second-order valence-electron chi connectivity index (χ2n) is 10.0. The third-order valence-electron chi connectivity index (χ3n) is 7.63. The number of nitrogens with one attached hydrogen (secondary N) is 1. The van der Waals surface area contributed by atoms with Gasteiger partial charge in [-0.25, -0.2) is 9.48 Å². The van der Waals surface area contributed by atoms with E-state index in [2.05, 4.69) is 20.8 Å². The Bertz CT molecular complexity index is 938. The van der Waals surface area contributed by atoms with Crippen molar-refractivity contribution in [2.45, 2.75) is 102 Å². The monoisotopic (exact) mass is 482 g/mol. The number of rotatable bonds is 10. The Morgan fingerprint density at radius 2 is 1.71 bits per heavy atom. The van der Waals surface area contributed by atoms with Crippen LogP contribution >= 0.6 is 0 Å². The first-order chi connectivity index (χ1) is 17.1. The Labute approximate surface area is 207 Å². The van der Waals surface area contributed by atoms with E-state index in [0.29, 0.717) is 37.7 Å². The molecule has 1 aromatic heterocycles. The number of carbonyl (C=O) groups excluding carboxylic acids is 1. The number of carbonyl (C=O) groups is 2. The maximum absolute atomic E-state index is 13.6. The van der Waals surface area contributed by atoms with Crippen molar-refractivity contribution in [2.75, 3.05) is 0 Å². The molecule has 0 unspecified atom stereocenters. The predicted molar refractivity (Wildman–Crippen MR) is 132 cm³/mol. The fraction of sp³-hybridized carbons (Fsp3) is 0.654. The van der Waals surface area contributed by atoms with Gasteiger partial charge in [0.15, 0.2) is 5.82 Å². The summed E-state index contributed by atoms with van der Waals surface area (Å²) in [6, 6.07) is 10.0. The van der Waals surface area contributed by atoms with Crippen molar-refractivity contribution in [1.82, 2.24) is 30.4 Å². The van der Waals surface area contributed by atoms with Gasteiger partial charge in [0.05, 0.1) is 13.1 Å². The summed E-state index contributed by atoms with van der Waals surface area (Å²) in [6.45, 7) is 0.936. The summed E-state index contributed by atoms with van der Waals surface area (Å²) in [6.07, 6.45) is 10.8. The van der Waals surface area contributed by atoms with E-state index >= 15 is 0 Å². The zero-order valence-electron chi connectivity index (χ0n) is 20.5. The second kappa shape index (κ2) is 12.7. The molecule has 1 heterocycles. The van der Waals surface area contributed by atoms with Crippen molar-refractivity contribution in [3.8, 4) is 0 Å². The molecular weight excluding hydrogens is 444 g/mol. The second-order valence-corrected chi connectivity index (χ2v) is 10.0. The van der Waals surface area contributed by atoms with Crippen molar-refractivity contribution >= 4 is 12.0 Å². The molecule has 9 heteroatoms. The Kier molecular flexibility index (Phi) is 9.08. The van der Waals surface area contributed by atoms with E-state index in [1.54, 1.807) is 4.68 Å². The number of aromatic nitrogens is 4. The van der Waals surface area contributed by atoms with Gasteiger partial charge in [0.2, 0.25) is 5.91 Å². The molecule has 2 fully saturated rings. The van der Waals surface area contributed by atoms with Crippen molar-refractivity contribution < 1.29 is 14.7 Å². The number of tetrazole rings is 1. The van der Waals surface area contributed by atoms with Crippen LogP contribution in [0, 0.1) is 5.92 Å². The molecule has 0 saturated heterocycles. The predicted octanol–water partition coefficient (Wildman–Crippen LogP) is 4.38. The molecule has 2 aromatic rings. The number of benzene rings is 1. The van der Waals surface area contributed by atoms with Crippen LogP contribution in [0.3, 0.4) is 0 Å². The molecule has 2 amide bonds. The largest absolute Gasteiger partial charge is 0.465 e. The first-order valence-electron chi connectivity index (χ1n) is 13.2. The summed E-state index contributed by atoms with van der Waals surface area (Å²) < 4.78 is 1.77. The molecule has 1 atom stereocenters. The molecule has 0 bridgehead atoms. The lowest BCUT2D eigenvalue weighted by molar-refractivity contribution is -0.135. The van der Waals surface area contributed by atoms with E-state index in [1.165, 1.54) is 12.8 Å². The van der Waals surface area contributed by atoms with Crippen molar-refractivity contribution in [1.29, 1.82) is 0 Å². The average Bonchev–Trinajstić information content (AvgIpc) is 3.32. The zero-order valence-corrected chi connectivity index (χ0v) is 20.5. The quantitative estimate of drug-likeness (QED) is 0.520. The highest BCUT2D eigenvalue weighted by Gasteiger charge is 2.30. The summed E-state index contributed by atoms with van der Waals surface area (Å²) in [5.74, 6) is 1.06. The zero-order chi connectivity index (χ0) is 24.5. The summed E-state index contributed by atoms with van der Waals surface area (Å²) in [5, 5.41) is 24.4. The minimum atomic E-state index is -1.00. The third kappa shape index (κ3) is 7.26. The van der Waals surface area contributed by atoms with Crippen LogP contribution < -0.4 is 5.32 Å².